The number of likely N-dealkylation sites (N-methyl/N-ethyl adjacent to an activating group) is 1. The smallest absolute Gasteiger partial charge is 0.335 e. The molecule has 3 atom stereocenters. The summed E-state index contributed by atoms with van der Waals surface area (Å²) >= 11 is 0. The number of Topliss-reactive ketones (excluding diaryl/α,β-unsaturated/α-hetero) is 1. The van der Waals surface area contributed by atoms with Gasteiger partial charge in [-0.1, -0.05) is 114 Å². The van der Waals surface area contributed by atoms with E-state index in [0.717, 1.165) is 27.6 Å². The molecule has 3 N–H and O–H groups in total. The lowest BCUT2D eigenvalue weighted by molar-refractivity contribution is -0.154. The van der Waals surface area contributed by atoms with Crippen LogP contribution in [0.4, 0.5) is 0 Å². The molecule has 0 radical (unpaired) electrons. The Hall–Kier alpha value is -5.07. The van der Waals surface area contributed by atoms with E-state index in [1.165, 1.54) is 11.9 Å². The molecule has 0 fully saturated rings. The van der Waals surface area contributed by atoms with Gasteiger partial charge in [0.1, 0.15) is 0 Å². The lowest BCUT2D eigenvalue weighted by atomic mass is 9.68. The number of carboxylic acid groups (broad SMARTS) is 1. The van der Waals surface area contributed by atoms with Crippen molar-refractivity contribution in [3.63, 3.8) is 0 Å². The number of fused-ring (bicyclic) bond motifs is 1. The van der Waals surface area contributed by atoms with E-state index in [-0.39, 0.29) is 0 Å². The van der Waals surface area contributed by atoms with Crippen LogP contribution >= 0.6 is 0 Å². The van der Waals surface area contributed by atoms with Crippen LogP contribution in [0, 0.1) is 13.8 Å². The van der Waals surface area contributed by atoms with E-state index in [2.05, 4.69) is 0 Å². The van der Waals surface area contributed by atoms with Crippen molar-refractivity contribution in [1.82, 2.24) is 4.90 Å². The predicted molar refractivity (Wildman–Crippen MR) is 175 cm³/mol. The molecular formula is C38H36N2O4. The molecule has 5 rings (SSSR count). The van der Waals surface area contributed by atoms with Gasteiger partial charge in [-0.3, -0.25) is 9.59 Å². The summed E-state index contributed by atoms with van der Waals surface area (Å²) in [5.74, 6) is -3.68. The average molecular weight is 585 g/mol. The summed E-state index contributed by atoms with van der Waals surface area (Å²) < 4.78 is 0. The molecule has 0 heterocycles. The highest BCUT2D eigenvalue weighted by molar-refractivity contribution is 6.06. The first-order valence-electron chi connectivity index (χ1n) is 14.6. The van der Waals surface area contributed by atoms with Gasteiger partial charge < -0.3 is 15.7 Å². The first-order chi connectivity index (χ1) is 21.0. The minimum atomic E-state index is -2.16. The second-order valence-corrected chi connectivity index (χ2v) is 11.5. The van der Waals surface area contributed by atoms with Gasteiger partial charge in [-0.15, -0.1) is 0 Å². The van der Waals surface area contributed by atoms with Gasteiger partial charge in [-0.2, -0.15) is 0 Å². The summed E-state index contributed by atoms with van der Waals surface area (Å²) in [4.78, 5) is 43.9. The first kappa shape index (κ1) is 30.4. The summed E-state index contributed by atoms with van der Waals surface area (Å²) in [6.45, 7) is 5.32. The Bertz CT molecular complexity index is 1820. The van der Waals surface area contributed by atoms with Crippen molar-refractivity contribution in [3.8, 4) is 11.1 Å². The lowest BCUT2D eigenvalue weighted by Crippen LogP contribution is -2.59. The molecule has 6 nitrogen and oxygen atoms in total. The van der Waals surface area contributed by atoms with Crippen LogP contribution < -0.4 is 5.73 Å². The van der Waals surface area contributed by atoms with Gasteiger partial charge in [0.05, 0.1) is 12.0 Å². The number of carboxylic acids is 1. The number of nitrogens with zero attached hydrogens (tertiary/aromatic N) is 1. The normalized spacial score (nSPS) is 13.9. The average Bonchev–Trinajstić information content (AvgIpc) is 3.02. The van der Waals surface area contributed by atoms with Crippen molar-refractivity contribution in [2.75, 3.05) is 7.05 Å². The number of aliphatic carboxylic acids is 1. The number of hydrogen-bond acceptors (Lipinski definition) is 4. The van der Waals surface area contributed by atoms with Crippen molar-refractivity contribution < 1.29 is 19.5 Å². The van der Waals surface area contributed by atoms with Crippen molar-refractivity contribution in [2.45, 2.75) is 38.3 Å². The van der Waals surface area contributed by atoms with E-state index in [1.54, 1.807) is 43.3 Å². The van der Waals surface area contributed by atoms with E-state index >= 15 is 0 Å². The maximum Gasteiger partial charge on any atom is 0.335 e. The van der Waals surface area contributed by atoms with Crippen molar-refractivity contribution in [1.29, 1.82) is 0 Å². The van der Waals surface area contributed by atoms with E-state index in [4.69, 9.17) is 5.73 Å². The Morgan fingerprint density at radius 1 is 0.750 bits per heavy atom. The summed E-state index contributed by atoms with van der Waals surface area (Å²) in [6, 6.07) is 34.2. The fourth-order valence-corrected chi connectivity index (χ4v) is 6.29. The molecule has 1 amide bonds. The van der Waals surface area contributed by atoms with Crippen LogP contribution in [0.2, 0.25) is 0 Å². The number of hydrogen-bond donors (Lipinski definition) is 2. The van der Waals surface area contributed by atoms with Crippen molar-refractivity contribution in [2.24, 2.45) is 5.73 Å². The molecule has 0 saturated carbocycles. The summed E-state index contributed by atoms with van der Waals surface area (Å²) in [7, 11) is 1.47. The third-order valence-electron chi connectivity index (χ3n) is 8.33. The predicted octanol–water partition coefficient (Wildman–Crippen LogP) is 6.88. The molecule has 5 aromatic rings. The number of rotatable bonds is 9. The number of benzene rings is 5. The molecule has 5 aromatic carbocycles. The number of aryl methyl sites for hydroxylation is 2. The highest BCUT2D eigenvalue weighted by atomic mass is 16.4. The molecule has 6 heteroatoms. The highest BCUT2D eigenvalue weighted by Crippen LogP contribution is 2.46. The molecular weight excluding hydrogens is 548 g/mol. The Labute approximate surface area is 257 Å². The van der Waals surface area contributed by atoms with Crippen molar-refractivity contribution >= 4 is 28.4 Å². The van der Waals surface area contributed by atoms with Gasteiger partial charge in [-0.25, -0.2) is 4.79 Å². The third kappa shape index (κ3) is 5.40. The molecule has 0 aliphatic rings. The second kappa shape index (κ2) is 12.3. The summed E-state index contributed by atoms with van der Waals surface area (Å²) in [5.41, 5.74) is 8.84. The molecule has 0 aromatic heterocycles. The van der Waals surface area contributed by atoms with Crippen LogP contribution in [0.25, 0.3) is 21.9 Å². The quantitative estimate of drug-likeness (QED) is 0.197. The molecule has 0 spiro atoms. The Balaban J connectivity index is 1.83. The van der Waals surface area contributed by atoms with E-state index in [0.29, 0.717) is 22.1 Å². The lowest BCUT2D eigenvalue weighted by Gasteiger charge is -2.45. The van der Waals surface area contributed by atoms with Crippen LogP contribution in [0.3, 0.4) is 0 Å². The number of carbonyl (C=O) groups excluding carboxylic acids is 2. The minimum absolute atomic E-state index is 0.328. The Kier molecular flexibility index (Phi) is 8.47. The zero-order valence-electron chi connectivity index (χ0n) is 25.3. The van der Waals surface area contributed by atoms with Gasteiger partial charge >= 0.3 is 5.97 Å². The molecule has 0 bridgehead atoms. The van der Waals surface area contributed by atoms with E-state index in [1.807, 2.05) is 92.7 Å². The first-order valence-corrected chi connectivity index (χ1v) is 14.6. The van der Waals surface area contributed by atoms with Crippen LogP contribution in [-0.2, 0) is 15.1 Å². The monoisotopic (exact) mass is 584 g/mol. The fraction of sp³-hybridized carbons (Fsp3) is 0.184. The van der Waals surface area contributed by atoms with Gasteiger partial charge in [0, 0.05) is 12.6 Å². The molecule has 0 saturated heterocycles. The number of ketones is 1. The SMILES string of the molecule is Cc1cc(C)cc(C(=O)N(C)[C@@](C(=O)O)(c2cccc3ccccc23)C(C(=O)[C@H](C)N)c2ccc(-c3ccccc3)cc2)c1. The number of nitrogens with two attached hydrogens (primary N) is 1. The minimum Gasteiger partial charge on any atom is -0.479 e. The fourth-order valence-electron chi connectivity index (χ4n) is 6.29. The van der Waals surface area contributed by atoms with Crippen LogP contribution in [0.1, 0.15) is 45.5 Å². The zero-order valence-corrected chi connectivity index (χ0v) is 25.3. The maximum atomic E-state index is 14.4. The van der Waals surface area contributed by atoms with Crippen molar-refractivity contribution in [3.05, 3.63) is 143 Å². The molecule has 1 unspecified atom stereocenters. The summed E-state index contributed by atoms with van der Waals surface area (Å²) in [5, 5.41) is 12.8. The van der Waals surface area contributed by atoms with E-state index < -0.39 is 35.2 Å². The zero-order chi connectivity index (χ0) is 31.6. The van der Waals surface area contributed by atoms with Gasteiger partial charge in [-0.05, 0) is 65.9 Å². The van der Waals surface area contributed by atoms with E-state index in [9.17, 15) is 19.5 Å². The van der Waals surface area contributed by atoms with Crippen LogP contribution in [0.15, 0.2) is 115 Å². The van der Waals surface area contributed by atoms with Gasteiger partial charge in [0.15, 0.2) is 11.3 Å². The molecule has 222 valence electrons. The Morgan fingerprint density at radius 2 is 1.32 bits per heavy atom. The third-order valence-corrected chi connectivity index (χ3v) is 8.33. The topological polar surface area (TPSA) is 101 Å². The molecule has 0 aliphatic heterocycles. The van der Waals surface area contributed by atoms with Gasteiger partial charge in [0.2, 0.25) is 0 Å². The highest BCUT2D eigenvalue weighted by Gasteiger charge is 2.57. The largest absolute Gasteiger partial charge is 0.479 e. The molecule has 44 heavy (non-hydrogen) atoms. The maximum absolute atomic E-state index is 14.4. The van der Waals surface area contributed by atoms with Crippen LogP contribution in [-0.4, -0.2) is 40.8 Å². The second-order valence-electron chi connectivity index (χ2n) is 11.5. The van der Waals surface area contributed by atoms with Gasteiger partial charge in [0.25, 0.3) is 5.91 Å². The summed E-state index contributed by atoms with van der Waals surface area (Å²) in [6.07, 6.45) is 0. The Morgan fingerprint density at radius 3 is 1.93 bits per heavy atom. The van der Waals surface area contributed by atoms with Crippen LogP contribution in [0.5, 0.6) is 0 Å². The molecule has 0 aliphatic carbocycles. The number of carbonyl (C=O) groups is 3. The number of amides is 1. The standard InChI is InChI=1S/C38H36N2O4/c1-24-21-25(2)23-31(22-24)36(42)40(4)38(37(43)44,33-16-10-14-29-13-8-9-15-32(29)33)34(35(41)26(3)39)30-19-17-28(18-20-30)27-11-6-5-7-12-27/h5-23,26,34H,39H2,1-4H3,(H,43,44)/t26-,34?,38-/m0/s1.